The molecule has 1 N–H and O–H groups in total. The molecule has 0 amide bonds. The number of rotatable bonds is 5. The molecule has 80 valence electrons. The van der Waals surface area contributed by atoms with Crippen molar-refractivity contribution in [2.45, 2.75) is 40.3 Å². The van der Waals surface area contributed by atoms with E-state index in [0.29, 0.717) is 5.92 Å². The van der Waals surface area contributed by atoms with Crippen LogP contribution in [0.2, 0.25) is 0 Å². The summed E-state index contributed by atoms with van der Waals surface area (Å²) in [7, 11) is 1.96. The molecule has 0 aromatic carbocycles. The monoisotopic (exact) mass is 195 g/mol. The summed E-state index contributed by atoms with van der Waals surface area (Å²) in [4.78, 5) is 0. The van der Waals surface area contributed by atoms with Crippen LogP contribution in [0.25, 0.3) is 0 Å². The van der Waals surface area contributed by atoms with Gasteiger partial charge < -0.3 is 5.32 Å². The van der Waals surface area contributed by atoms with Gasteiger partial charge in [0.25, 0.3) is 0 Å². The van der Waals surface area contributed by atoms with Crippen molar-refractivity contribution < 1.29 is 0 Å². The summed E-state index contributed by atoms with van der Waals surface area (Å²) in [6.07, 6.45) is 3.18. The first kappa shape index (κ1) is 11.2. The molecule has 3 nitrogen and oxygen atoms in total. The Kier molecular flexibility index (Phi) is 4.14. The number of nitrogens with zero attached hydrogens (tertiary/aromatic N) is 2. The number of hydrogen-bond donors (Lipinski definition) is 1. The first-order valence-electron chi connectivity index (χ1n) is 5.34. The van der Waals surface area contributed by atoms with Crippen LogP contribution in [-0.2, 0) is 13.1 Å². The van der Waals surface area contributed by atoms with Gasteiger partial charge in [-0.25, -0.2) is 0 Å². The van der Waals surface area contributed by atoms with Crippen LogP contribution in [0.3, 0.4) is 0 Å². The van der Waals surface area contributed by atoms with Gasteiger partial charge in [-0.3, -0.25) is 4.68 Å². The zero-order valence-electron chi connectivity index (χ0n) is 9.67. The molecule has 0 bridgehead atoms. The maximum Gasteiger partial charge on any atom is 0.0537 e. The normalized spacial score (nSPS) is 13.1. The van der Waals surface area contributed by atoms with E-state index in [2.05, 4.69) is 35.9 Å². The van der Waals surface area contributed by atoms with Crippen LogP contribution in [0.1, 0.15) is 31.5 Å². The predicted molar refractivity (Wildman–Crippen MR) is 59.2 cm³/mol. The van der Waals surface area contributed by atoms with Crippen LogP contribution in [0.5, 0.6) is 0 Å². The lowest BCUT2D eigenvalue weighted by Gasteiger charge is -2.10. The molecule has 0 saturated carbocycles. The van der Waals surface area contributed by atoms with Crippen molar-refractivity contribution in [2.24, 2.45) is 5.92 Å². The molecular formula is C11H21N3. The lowest BCUT2D eigenvalue weighted by atomic mass is 10.1. The molecule has 3 heteroatoms. The summed E-state index contributed by atoms with van der Waals surface area (Å²) in [6, 6.07) is 0. The molecule has 0 fully saturated rings. The van der Waals surface area contributed by atoms with Crippen LogP contribution in [-0.4, -0.2) is 16.8 Å². The standard InChI is InChI=1S/C11H21N3/c1-5-9(2)8-14-10(3)11(6-12-4)7-13-14/h7,9,12H,5-6,8H2,1-4H3. The molecule has 1 aromatic rings. The van der Waals surface area contributed by atoms with Gasteiger partial charge >= 0.3 is 0 Å². The Hall–Kier alpha value is -0.830. The van der Waals surface area contributed by atoms with Gasteiger partial charge in [0.1, 0.15) is 0 Å². The highest BCUT2D eigenvalue weighted by Crippen LogP contribution is 2.10. The lowest BCUT2D eigenvalue weighted by molar-refractivity contribution is 0.432. The van der Waals surface area contributed by atoms with Gasteiger partial charge in [-0.05, 0) is 19.9 Å². The zero-order chi connectivity index (χ0) is 10.6. The topological polar surface area (TPSA) is 29.9 Å². The number of hydrogen-bond acceptors (Lipinski definition) is 2. The highest BCUT2D eigenvalue weighted by molar-refractivity contribution is 5.15. The molecule has 0 saturated heterocycles. The highest BCUT2D eigenvalue weighted by Gasteiger charge is 2.07. The summed E-state index contributed by atoms with van der Waals surface area (Å²) >= 11 is 0. The third-order valence-electron chi connectivity index (χ3n) is 2.75. The fraction of sp³-hybridized carbons (Fsp3) is 0.727. The average molecular weight is 195 g/mol. The van der Waals surface area contributed by atoms with Crippen LogP contribution < -0.4 is 5.32 Å². The summed E-state index contributed by atoms with van der Waals surface area (Å²) in [5.41, 5.74) is 2.59. The van der Waals surface area contributed by atoms with Crippen LogP contribution in [0.4, 0.5) is 0 Å². The quantitative estimate of drug-likeness (QED) is 0.778. The Morgan fingerprint density at radius 1 is 1.57 bits per heavy atom. The largest absolute Gasteiger partial charge is 0.316 e. The Labute approximate surface area is 86.5 Å². The molecule has 0 aliphatic rings. The minimum atomic E-state index is 0.705. The van der Waals surface area contributed by atoms with E-state index in [1.165, 1.54) is 17.7 Å². The van der Waals surface area contributed by atoms with E-state index in [0.717, 1.165) is 13.1 Å². The van der Waals surface area contributed by atoms with Gasteiger partial charge in [0, 0.05) is 24.3 Å². The van der Waals surface area contributed by atoms with Crippen LogP contribution in [0.15, 0.2) is 6.20 Å². The smallest absolute Gasteiger partial charge is 0.0537 e. The van der Waals surface area contributed by atoms with E-state index < -0.39 is 0 Å². The van der Waals surface area contributed by atoms with Crippen molar-refractivity contribution >= 4 is 0 Å². The van der Waals surface area contributed by atoms with Crippen molar-refractivity contribution in [3.63, 3.8) is 0 Å². The second-order valence-corrected chi connectivity index (χ2v) is 3.98. The van der Waals surface area contributed by atoms with Crippen molar-refractivity contribution in [3.05, 3.63) is 17.5 Å². The van der Waals surface area contributed by atoms with Crippen molar-refractivity contribution in [1.29, 1.82) is 0 Å². The van der Waals surface area contributed by atoms with Gasteiger partial charge in [-0.1, -0.05) is 20.3 Å². The van der Waals surface area contributed by atoms with Crippen molar-refractivity contribution in [3.8, 4) is 0 Å². The first-order valence-corrected chi connectivity index (χ1v) is 5.34. The minimum absolute atomic E-state index is 0.705. The highest BCUT2D eigenvalue weighted by atomic mass is 15.3. The second kappa shape index (κ2) is 5.15. The van der Waals surface area contributed by atoms with Gasteiger partial charge in [0.05, 0.1) is 6.20 Å². The SMILES string of the molecule is CCC(C)Cn1ncc(CNC)c1C. The zero-order valence-corrected chi connectivity index (χ0v) is 9.67. The molecule has 1 unspecified atom stereocenters. The van der Waals surface area contributed by atoms with E-state index >= 15 is 0 Å². The maximum atomic E-state index is 4.40. The third kappa shape index (κ3) is 2.58. The van der Waals surface area contributed by atoms with Gasteiger partial charge in [0.15, 0.2) is 0 Å². The summed E-state index contributed by atoms with van der Waals surface area (Å²) in [5, 5.41) is 7.55. The molecule has 1 rings (SSSR count). The van der Waals surface area contributed by atoms with E-state index in [4.69, 9.17) is 0 Å². The fourth-order valence-electron chi connectivity index (χ4n) is 1.46. The van der Waals surface area contributed by atoms with Crippen LogP contribution in [0, 0.1) is 12.8 Å². The average Bonchev–Trinajstić information content (AvgIpc) is 2.50. The van der Waals surface area contributed by atoms with E-state index in [9.17, 15) is 0 Å². The number of aromatic nitrogens is 2. The van der Waals surface area contributed by atoms with Gasteiger partial charge in [-0.15, -0.1) is 0 Å². The van der Waals surface area contributed by atoms with Gasteiger partial charge in [-0.2, -0.15) is 5.10 Å². The van der Waals surface area contributed by atoms with E-state index in [1.54, 1.807) is 0 Å². The first-order chi connectivity index (χ1) is 6.69. The minimum Gasteiger partial charge on any atom is -0.316 e. The number of nitrogens with one attached hydrogen (secondary N) is 1. The van der Waals surface area contributed by atoms with Crippen molar-refractivity contribution in [2.75, 3.05) is 7.05 Å². The Balaban J connectivity index is 2.69. The summed E-state index contributed by atoms with van der Waals surface area (Å²) in [6.45, 7) is 8.57. The third-order valence-corrected chi connectivity index (χ3v) is 2.75. The molecule has 1 aromatic heterocycles. The summed E-state index contributed by atoms with van der Waals surface area (Å²) < 4.78 is 2.11. The second-order valence-electron chi connectivity index (χ2n) is 3.98. The molecule has 0 radical (unpaired) electrons. The summed E-state index contributed by atoms with van der Waals surface area (Å²) in [5.74, 6) is 0.705. The molecule has 0 aliphatic carbocycles. The van der Waals surface area contributed by atoms with Crippen LogP contribution >= 0.6 is 0 Å². The molecule has 0 spiro atoms. The maximum absolute atomic E-state index is 4.40. The Morgan fingerprint density at radius 2 is 2.29 bits per heavy atom. The molecule has 14 heavy (non-hydrogen) atoms. The lowest BCUT2D eigenvalue weighted by Crippen LogP contribution is -2.11. The van der Waals surface area contributed by atoms with Gasteiger partial charge in [0.2, 0.25) is 0 Å². The molecule has 0 aliphatic heterocycles. The molecular weight excluding hydrogens is 174 g/mol. The van der Waals surface area contributed by atoms with E-state index in [1.807, 2.05) is 13.2 Å². The predicted octanol–water partition coefficient (Wildman–Crippen LogP) is 1.96. The molecule has 1 atom stereocenters. The van der Waals surface area contributed by atoms with E-state index in [-0.39, 0.29) is 0 Å². The molecule has 1 heterocycles. The van der Waals surface area contributed by atoms with Crippen molar-refractivity contribution in [1.82, 2.24) is 15.1 Å². The Morgan fingerprint density at radius 3 is 2.86 bits per heavy atom. The fourth-order valence-corrected chi connectivity index (χ4v) is 1.46. The Bertz CT molecular complexity index is 278.